The van der Waals surface area contributed by atoms with E-state index >= 15 is 0 Å². The third-order valence-corrected chi connectivity index (χ3v) is 3.55. The van der Waals surface area contributed by atoms with Crippen LogP contribution < -0.4 is 5.32 Å². The number of hydrogen-bond acceptors (Lipinski definition) is 2. The SMILES string of the molecule is CCC(C)n1ccc(CNC2CC=CCC2)n1. The van der Waals surface area contributed by atoms with Crippen molar-refractivity contribution in [3.05, 3.63) is 30.1 Å². The Balaban J connectivity index is 1.82. The van der Waals surface area contributed by atoms with Crippen LogP contribution in [-0.4, -0.2) is 15.8 Å². The summed E-state index contributed by atoms with van der Waals surface area (Å²) in [5.74, 6) is 0. The molecule has 0 aromatic carbocycles. The van der Waals surface area contributed by atoms with Gasteiger partial charge in [0.2, 0.25) is 0 Å². The Kier molecular flexibility index (Phi) is 4.37. The minimum Gasteiger partial charge on any atom is -0.308 e. The predicted molar refractivity (Wildman–Crippen MR) is 70.8 cm³/mol. The number of allylic oxidation sites excluding steroid dienone is 1. The van der Waals surface area contributed by atoms with Gasteiger partial charge in [-0.1, -0.05) is 19.1 Å². The fraction of sp³-hybridized carbons (Fsp3) is 0.643. The quantitative estimate of drug-likeness (QED) is 0.792. The predicted octanol–water partition coefficient (Wildman–Crippen LogP) is 3.05. The van der Waals surface area contributed by atoms with Gasteiger partial charge in [-0.3, -0.25) is 4.68 Å². The molecule has 1 aliphatic carbocycles. The average molecular weight is 233 g/mol. The standard InChI is InChI=1S/C14H23N3/c1-3-12(2)17-10-9-14(16-17)11-15-13-7-5-4-6-8-13/h4-5,9-10,12-13,15H,3,6-8,11H2,1-2H3. The molecule has 17 heavy (non-hydrogen) atoms. The molecule has 0 aliphatic heterocycles. The Morgan fingerprint density at radius 1 is 1.53 bits per heavy atom. The zero-order valence-electron chi connectivity index (χ0n) is 10.9. The topological polar surface area (TPSA) is 29.9 Å². The van der Waals surface area contributed by atoms with Gasteiger partial charge in [0, 0.05) is 24.8 Å². The van der Waals surface area contributed by atoms with Crippen molar-refractivity contribution in [1.82, 2.24) is 15.1 Å². The van der Waals surface area contributed by atoms with Crippen LogP contribution in [0.1, 0.15) is 51.3 Å². The van der Waals surface area contributed by atoms with Gasteiger partial charge >= 0.3 is 0 Å². The van der Waals surface area contributed by atoms with Crippen LogP contribution in [0.3, 0.4) is 0 Å². The molecule has 2 rings (SSSR count). The van der Waals surface area contributed by atoms with Crippen molar-refractivity contribution in [2.45, 2.75) is 58.2 Å². The van der Waals surface area contributed by atoms with E-state index in [1.165, 1.54) is 12.8 Å². The minimum absolute atomic E-state index is 0.501. The lowest BCUT2D eigenvalue weighted by atomic mass is 10.0. The molecule has 0 saturated carbocycles. The monoisotopic (exact) mass is 233 g/mol. The first kappa shape index (κ1) is 12.4. The summed E-state index contributed by atoms with van der Waals surface area (Å²) in [6.07, 6.45) is 11.4. The summed E-state index contributed by atoms with van der Waals surface area (Å²) < 4.78 is 2.07. The summed E-state index contributed by atoms with van der Waals surface area (Å²) >= 11 is 0. The Morgan fingerprint density at radius 2 is 2.41 bits per heavy atom. The molecule has 0 radical (unpaired) electrons. The number of nitrogens with one attached hydrogen (secondary N) is 1. The van der Waals surface area contributed by atoms with Gasteiger partial charge in [0.05, 0.1) is 5.69 Å². The molecule has 1 aliphatic rings. The second-order valence-electron chi connectivity index (χ2n) is 4.91. The second kappa shape index (κ2) is 6.01. The fourth-order valence-electron chi connectivity index (χ4n) is 2.13. The van der Waals surface area contributed by atoms with Gasteiger partial charge in [-0.05, 0) is 38.7 Å². The van der Waals surface area contributed by atoms with Gasteiger partial charge in [0.25, 0.3) is 0 Å². The Morgan fingerprint density at radius 3 is 3.12 bits per heavy atom. The van der Waals surface area contributed by atoms with Gasteiger partial charge in [0.15, 0.2) is 0 Å². The number of nitrogens with zero attached hydrogens (tertiary/aromatic N) is 2. The van der Waals surface area contributed by atoms with E-state index in [0.717, 1.165) is 25.1 Å². The number of aromatic nitrogens is 2. The Bertz CT molecular complexity index is 367. The van der Waals surface area contributed by atoms with Gasteiger partial charge in [0.1, 0.15) is 0 Å². The highest BCUT2D eigenvalue weighted by Gasteiger charge is 2.10. The lowest BCUT2D eigenvalue weighted by molar-refractivity contribution is 0.452. The first-order valence-corrected chi connectivity index (χ1v) is 6.72. The molecular formula is C14H23N3. The van der Waals surface area contributed by atoms with Crippen LogP contribution in [0.25, 0.3) is 0 Å². The Hall–Kier alpha value is -1.09. The maximum Gasteiger partial charge on any atom is 0.0762 e. The van der Waals surface area contributed by atoms with Crippen LogP contribution in [0.5, 0.6) is 0 Å². The fourth-order valence-corrected chi connectivity index (χ4v) is 2.13. The molecule has 0 bridgehead atoms. The van der Waals surface area contributed by atoms with E-state index in [0.29, 0.717) is 12.1 Å². The molecular weight excluding hydrogens is 210 g/mol. The summed E-state index contributed by atoms with van der Waals surface area (Å²) in [6, 6.07) is 3.26. The summed E-state index contributed by atoms with van der Waals surface area (Å²) in [5, 5.41) is 8.18. The van der Waals surface area contributed by atoms with E-state index in [4.69, 9.17) is 0 Å². The highest BCUT2D eigenvalue weighted by atomic mass is 15.3. The van der Waals surface area contributed by atoms with Gasteiger partial charge in [-0.2, -0.15) is 5.10 Å². The first-order chi connectivity index (χ1) is 8.29. The van der Waals surface area contributed by atoms with Crippen molar-refractivity contribution < 1.29 is 0 Å². The van der Waals surface area contributed by atoms with Crippen molar-refractivity contribution in [2.75, 3.05) is 0 Å². The molecule has 3 heteroatoms. The molecule has 0 saturated heterocycles. The summed E-state index contributed by atoms with van der Waals surface area (Å²) in [4.78, 5) is 0. The molecule has 2 unspecified atom stereocenters. The smallest absolute Gasteiger partial charge is 0.0762 e. The van der Waals surface area contributed by atoms with E-state index in [-0.39, 0.29) is 0 Å². The van der Waals surface area contributed by atoms with Crippen molar-refractivity contribution in [1.29, 1.82) is 0 Å². The van der Waals surface area contributed by atoms with Gasteiger partial charge < -0.3 is 5.32 Å². The van der Waals surface area contributed by atoms with E-state index in [1.54, 1.807) is 0 Å². The zero-order valence-corrected chi connectivity index (χ0v) is 10.9. The van der Waals surface area contributed by atoms with E-state index < -0.39 is 0 Å². The maximum atomic E-state index is 4.60. The third kappa shape index (κ3) is 3.43. The van der Waals surface area contributed by atoms with Crippen LogP contribution >= 0.6 is 0 Å². The summed E-state index contributed by atoms with van der Waals surface area (Å²) in [6.45, 7) is 5.29. The number of rotatable bonds is 5. The molecule has 0 fully saturated rings. The molecule has 0 amide bonds. The van der Waals surface area contributed by atoms with Gasteiger partial charge in [-0.15, -0.1) is 0 Å². The molecule has 1 aromatic heterocycles. The highest BCUT2D eigenvalue weighted by Crippen LogP contribution is 2.12. The second-order valence-corrected chi connectivity index (χ2v) is 4.91. The van der Waals surface area contributed by atoms with Crippen molar-refractivity contribution in [3.8, 4) is 0 Å². The van der Waals surface area contributed by atoms with Crippen molar-refractivity contribution >= 4 is 0 Å². The van der Waals surface area contributed by atoms with Gasteiger partial charge in [-0.25, -0.2) is 0 Å². The van der Waals surface area contributed by atoms with Crippen LogP contribution in [-0.2, 0) is 6.54 Å². The highest BCUT2D eigenvalue weighted by molar-refractivity contribution is 5.01. The van der Waals surface area contributed by atoms with Crippen LogP contribution in [0.4, 0.5) is 0 Å². The van der Waals surface area contributed by atoms with Crippen molar-refractivity contribution in [2.24, 2.45) is 0 Å². The molecule has 2 atom stereocenters. The molecule has 94 valence electrons. The largest absolute Gasteiger partial charge is 0.308 e. The summed E-state index contributed by atoms with van der Waals surface area (Å²) in [7, 11) is 0. The molecule has 3 nitrogen and oxygen atoms in total. The minimum atomic E-state index is 0.501. The molecule has 1 aromatic rings. The zero-order chi connectivity index (χ0) is 12.1. The van der Waals surface area contributed by atoms with Crippen LogP contribution in [0, 0.1) is 0 Å². The average Bonchev–Trinajstić information content (AvgIpc) is 2.85. The summed E-state index contributed by atoms with van der Waals surface area (Å²) in [5.41, 5.74) is 1.15. The Labute approximate surface area is 104 Å². The molecule has 1 N–H and O–H groups in total. The maximum absolute atomic E-state index is 4.60. The van der Waals surface area contributed by atoms with E-state index in [2.05, 4.69) is 53.4 Å². The lowest BCUT2D eigenvalue weighted by Crippen LogP contribution is -2.29. The molecule has 1 heterocycles. The van der Waals surface area contributed by atoms with Crippen LogP contribution in [0.15, 0.2) is 24.4 Å². The van der Waals surface area contributed by atoms with Crippen molar-refractivity contribution in [3.63, 3.8) is 0 Å². The molecule has 0 spiro atoms. The lowest BCUT2D eigenvalue weighted by Gasteiger charge is -2.18. The van der Waals surface area contributed by atoms with E-state index in [1.807, 2.05) is 0 Å². The normalized spacial score (nSPS) is 21.6. The third-order valence-electron chi connectivity index (χ3n) is 3.55. The first-order valence-electron chi connectivity index (χ1n) is 6.72. The van der Waals surface area contributed by atoms with E-state index in [9.17, 15) is 0 Å². The van der Waals surface area contributed by atoms with Crippen LogP contribution in [0.2, 0.25) is 0 Å². The number of hydrogen-bond donors (Lipinski definition) is 1.